The second kappa shape index (κ2) is 3.46. The Kier molecular flexibility index (Phi) is 2.16. The molecule has 0 bridgehead atoms. The van der Waals surface area contributed by atoms with E-state index in [0.717, 1.165) is 0 Å². The van der Waals surface area contributed by atoms with Crippen molar-refractivity contribution < 1.29 is 0 Å². The third-order valence-corrected chi connectivity index (χ3v) is 3.60. The van der Waals surface area contributed by atoms with Gasteiger partial charge in [0.1, 0.15) is 0 Å². The zero-order chi connectivity index (χ0) is 12.0. The molecule has 0 heterocycles. The molecule has 3 rings (SSSR count). The third-order valence-electron chi connectivity index (χ3n) is 3.60. The molecule has 1 atom stereocenters. The Balaban J connectivity index is 2.31. The smallest absolute Gasteiger partial charge is 0.0156 e. The van der Waals surface area contributed by atoms with Gasteiger partial charge in [-0.05, 0) is 33.7 Å². The normalized spacial score (nSPS) is 14.5. The predicted octanol–water partition coefficient (Wildman–Crippen LogP) is 4.65. The van der Waals surface area contributed by atoms with Gasteiger partial charge in [-0.3, -0.25) is 0 Å². The van der Waals surface area contributed by atoms with Crippen molar-refractivity contribution in [3.63, 3.8) is 0 Å². The van der Waals surface area contributed by atoms with E-state index in [4.69, 9.17) is 0 Å². The molecule has 1 aliphatic carbocycles. The van der Waals surface area contributed by atoms with E-state index in [1.165, 1.54) is 22.3 Å². The lowest BCUT2D eigenvalue weighted by Crippen LogP contribution is -2.17. The van der Waals surface area contributed by atoms with Crippen molar-refractivity contribution >= 4 is 0 Å². The largest absolute Gasteiger partial charge is 0.0619 e. The summed E-state index contributed by atoms with van der Waals surface area (Å²) in [6, 6.07) is 18.5. The monoisotopic (exact) mass is 221 g/mol. The van der Waals surface area contributed by atoms with Crippen molar-refractivity contribution in [3.05, 3.63) is 59.7 Å². The summed E-state index contributed by atoms with van der Waals surface area (Å²) in [7, 11) is 0. The van der Waals surface area contributed by atoms with Crippen LogP contribution in [0.2, 0.25) is 0 Å². The lowest BCUT2D eigenvalue weighted by atomic mass is 9.75. The molecular weight excluding hydrogens is 204 g/mol. The van der Waals surface area contributed by atoms with Gasteiger partial charge in [-0.15, -0.1) is 0 Å². The highest BCUT2D eigenvalue weighted by Crippen LogP contribution is 2.51. The number of hydrogen-bond donors (Lipinski definition) is 0. The van der Waals surface area contributed by atoms with Crippen LogP contribution in [0.25, 0.3) is 11.1 Å². The van der Waals surface area contributed by atoms with Crippen LogP contribution >= 0.6 is 0 Å². The van der Waals surface area contributed by atoms with E-state index in [-0.39, 0.29) is 5.41 Å². The fourth-order valence-corrected chi connectivity index (χ4v) is 2.97. The Morgan fingerprint density at radius 1 is 0.941 bits per heavy atom. The molecule has 0 spiro atoms. The minimum absolute atomic E-state index is 0.235. The van der Waals surface area contributed by atoms with E-state index in [2.05, 4.69) is 63.2 Å². The molecule has 0 saturated heterocycles. The van der Waals surface area contributed by atoms with E-state index in [1.54, 1.807) is 0 Å². The van der Waals surface area contributed by atoms with Crippen LogP contribution < -0.4 is 0 Å². The Morgan fingerprint density at radius 2 is 1.65 bits per heavy atom. The molecule has 1 aliphatic rings. The van der Waals surface area contributed by atoms with Crippen molar-refractivity contribution in [2.45, 2.75) is 26.7 Å². The van der Waals surface area contributed by atoms with Crippen LogP contribution in [0.1, 0.15) is 37.8 Å². The first-order valence-corrected chi connectivity index (χ1v) is 6.19. The zero-order valence-corrected chi connectivity index (χ0v) is 10.6. The van der Waals surface area contributed by atoms with Crippen molar-refractivity contribution in [1.29, 1.82) is 0 Å². The number of benzene rings is 2. The molecular formula is C17H17. The van der Waals surface area contributed by atoms with Crippen LogP contribution in [0.5, 0.6) is 0 Å². The van der Waals surface area contributed by atoms with Gasteiger partial charge in [0.2, 0.25) is 0 Å². The Hall–Kier alpha value is -1.56. The summed E-state index contributed by atoms with van der Waals surface area (Å²) >= 11 is 0. The Bertz CT molecular complexity index is 513. The molecule has 17 heavy (non-hydrogen) atoms. The van der Waals surface area contributed by atoms with Gasteiger partial charge < -0.3 is 0 Å². The molecule has 0 aliphatic heterocycles. The lowest BCUT2D eigenvalue weighted by Gasteiger charge is -2.28. The number of fused-ring (bicyclic) bond motifs is 3. The second-order valence-electron chi connectivity index (χ2n) is 5.88. The average Bonchev–Trinajstić information content (AvgIpc) is 2.63. The lowest BCUT2D eigenvalue weighted by molar-refractivity contribution is 0.363. The maximum atomic E-state index is 3.45. The van der Waals surface area contributed by atoms with Gasteiger partial charge in [0, 0.05) is 5.92 Å². The molecule has 0 heteroatoms. The van der Waals surface area contributed by atoms with E-state index >= 15 is 0 Å². The van der Waals surface area contributed by atoms with E-state index in [1.807, 2.05) is 6.07 Å². The number of rotatable bonds is 0. The first-order chi connectivity index (χ1) is 8.09. The highest BCUT2D eigenvalue weighted by Gasteiger charge is 2.36. The molecule has 1 unspecified atom stereocenters. The van der Waals surface area contributed by atoms with Gasteiger partial charge in [0.15, 0.2) is 0 Å². The van der Waals surface area contributed by atoms with Crippen LogP contribution in [0.4, 0.5) is 0 Å². The molecule has 85 valence electrons. The minimum atomic E-state index is 0.235. The molecule has 0 amide bonds. The van der Waals surface area contributed by atoms with Gasteiger partial charge in [0.25, 0.3) is 0 Å². The molecule has 2 aromatic carbocycles. The Labute approximate surface area is 103 Å². The number of hydrogen-bond acceptors (Lipinski definition) is 0. The summed E-state index contributed by atoms with van der Waals surface area (Å²) in [5, 5.41) is 0. The molecule has 0 saturated carbocycles. The first kappa shape index (κ1) is 10.6. The van der Waals surface area contributed by atoms with Gasteiger partial charge in [-0.25, -0.2) is 0 Å². The van der Waals surface area contributed by atoms with Crippen molar-refractivity contribution in [3.8, 4) is 11.1 Å². The summed E-state index contributed by atoms with van der Waals surface area (Å²) in [5.41, 5.74) is 5.81. The maximum Gasteiger partial charge on any atom is 0.0156 e. The molecule has 1 radical (unpaired) electrons. The topological polar surface area (TPSA) is 0 Å². The van der Waals surface area contributed by atoms with Crippen molar-refractivity contribution in [1.82, 2.24) is 0 Å². The maximum absolute atomic E-state index is 3.45. The average molecular weight is 221 g/mol. The summed E-state index contributed by atoms with van der Waals surface area (Å²) in [5.74, 6) is 0.467. The quantitative estimate of drug-likeness (QED) is 0.607. The van der Waals surface area contributed by atoms with Crippen molar-refractivity contribution in [2.75, 3.05) is 0 Å². The minimum Gasteiger partial charge on any atom is -0.0619 e. The predicted molar refractivity (Wildman–Crippen MR) is 72.0 cm³/mol. The molecule has 0 nitrogen and oxygen atoms in total. The standard InChI is InChI=1S/C17H17/c1-17(2,3)16-14-10-6-4-8-12(14)13-9-5-7-11-15(13)16/h4-10,16H,1-3H3. The van der Waals surface area contributed by atoms with Crippen molar-refractivity contribution in [2.24, 2.45) is 5.41 Å². The second-order valence-corrected chi connectivity index (χ2v) is 5.88. The van der Waals surface area contributed by atoms with Gasteiger partial charge in [0.05, 0.1) is 0 Å². The third kappa shape index (κ3) is 1.51. The summed E-state index contributed by atoms with van der Waals surface area (Å²) in [6.45, 7) is 6.93. The van der Waals surface area contributed by atoms with Gasteiger partial charge in [-0.1, -0.05) is 63.2 Å². The van der Waals surface area contributed by atoms with Gasteiger partial charge in [-0.2, -0.15) is 0 Å². The SMILES string of the molecule is CC(C)(C)C1c2[c]cccc2-c2ccccc21. The fourth-order valence-electron chi connectivity index (χ4n) is 2.97. The van der Waals surface area contributed by atoms with Gasteiger partial charge >= 0.3 is 0 Å². The van der Waals surface area contributed by atoms with E-state index < -0.39 is 0 Å². The highest BCUT2D eigenvalue weighted by atomic mass is 14.4. The van der Waals surface area contributed by atoms with E-state index in [0.29, 0.717) is 5.92 Å². The van der Waals surface area contributed by atoms with Crippen LogP contribution in [0, 0.1) is 11.5 Å². The van der Waals surface area contributed by atoms with Crippen LogP contribution in [0.3, 0.4) is 0 Å². The summed E-state index contributed by atoms with van der Waals surface area (Å²) in [6.07, 6.45) is 0. The van der Waals surface area contributed by atoms with Crippen LogP contribution in [-0.2, 0) is 0 Å². The molecule has 0 fully saturated rings. The molecule has 0 aromatic heterocycles. The Morgan fingerprint density at radius 3 is 2.41 bits per heavy atom. The highest BCUT2D eigenvalue weighted by molar-refractivity contribution is 5.78. The summed E-state index contributed by atoms with van der Waals surface area (Å²) in [4.78, 5) is 0. The fraction of sp³-hybridized carbons (Fsp3) is 0.294. The van der Waals surface area contributed by atoms with E-state index in [9.17, 15) is 0 Å². The zero-order valence-electron chi connectivity index (χ0n) is 10.6. The first-order valence-electron chi connectivity index (χ1n) is 6.19. The molecule has 2 aromatic rings. The van der Waals surface area contributed by atoms with Crippen LogP contribution in [0.15, 0.2) is 42.5 Å². The molecule has 0 N–H and O–H groups in total. The van der Waals surface area contributed by atoms with Crippen LogP contribution in [-0.4, -0.2) is 0 Å². The summed E-state index contributed by atoms with van der Waals surface area (Å²) < 4.78 is 0.